The van der Waals surface area contributed by atoms with Gasteiger partial charge in [-0.15, -0.1) is 22.7 Å². The summed E-state index contributed by atoms with van der Waals surface area (Å²) in [4.78, 5) is 98.2. The summed E-state index contributed by atoms with van der Waals surface area (Å²) in [6.07, 6.45) is 6.53. The number of nitrogens with one attached hydrogen (secondary N) is 4. The Kier molecular flexibility index (Phi) is 13.9. The van der Waals surface area contributed by atoms with Gasteiger partial charge < -0.3 is 10.6 Å². The first-order chi connectivity index (χ1) is 26.1. The van der Waals surface area contributed by atoms with E-state index in [1.165, 1.54) is 34.6 Å². The highest BCUT2D eigenvalue weighted by molar-refractivity contribution is 7.14. The smallest absolute Gasteiger partial charge is 0.246 e. The van der Waals surface area contributed by atoms with E-state index in [1.54, 1.807) is 17.8 Å². The molecule has 20 heteroatoms. The zero-order valence-electron chi connectivity index (χ0n) is 28.5. The minimum absolute atomic E-state index is 0.0128. The molecule has 0 bridgehead atoms. The second-order valence-electron chi connectivity index (χ2n) is 11.3. The van der Waals surface area contributed by atoms with Crippen LogP contribution in [0.2, 0.25) is 0 Å². The summed E-state index contributed by atoms with van der Waals surface area (Å²) in [6.45, 7) is -0.547. The zero-order chi connectivity index (χ0) is 38.3. The molecule has 18 nitrogen and oxygen atoms in total. The number of rotatable bonds is 11. The van der Waals surface area contributed by atoms with E-state index in [0.29, 0.717) is 28.1 Å². The first kappa shape index (κ1) is 38.7. The summed E-state index contributed by atoms with van der Waals surface area (Å²) < 4.78 is 0. The normalized spacial score (nSPS) is 13.5. The van der Waals surface area contributed by atoms with Crippen LogP contribution in [-0.4, -0.2) is 94.4 Å². The Labute approximate surface area is 315 Å². The second-order valence-corrected chi connectivity index (χ2v) is 13.1. The number of H-pyrrole nitrogens is 1. The van der Waals surface area contributed by atoms with Crippen LogP contribution < -0.4 is 16.0 Å². The highest BCUT2D eigenvalue weighted by Gasteiger charge is 2.31. The van der Waals surface area contributed by atoms with Crippen molar-refractivity contribution in [3.05, 3.63) is 83.6 Å². The van der Waals surface area contributed by atoms with Crippen LogP contribution in [0, 0.1) is 0 Å². The van der Waals surface area contributed by atoms with Crippen molar-refractivity contribution in [3.63, 3.8) is 0 Å². The molecule has 0 aliphatic carbocycles. The number of benzene rings is 1. The molecule has 2 fully saturated rings. The summed E-state index contributed by atoms with van der Waals surface area (Å²) in [5, 5.41) is 18.4. The lowest BCUT2D eigenvalue weighted by Crippen LogP contribution is -2.37. The molecule has 7 amide bonds. The van der Waals surface area contributed by atoms with Gasteiger partial charge in [-0.2, -0.15) is 10.1 Å². The number of amides is 7. The Morgan fingerprint density at radius 1 is 0.667 bits per heavy atom. The maximum absolute atomic E-state index is 11.9. The summed E-state index contributed by atoms with van der Waals surface area (Å²) in [5.74, 6) is -1.99. The molecule has 2 aliphatic rings. The third-order valence-corrected chi connectivity index (χ3v) is 8.87. The van der Waals surface area contributed by atoms with E-state index in [2.05, 4.69) is 46.1 Å². The summed E-state index contributed by atoms with van der Waals surface area (Å²) >= 11 is 2.69. The molecule has 0 unspecified atom stereocenters. The van der Waals surface area contributed by atoms with E-state index >= 15 is 0 Å². The standard InChI is InChI=1S/C14H12N4O3S.C12H12N2OS.C8H9N5O3/c19-11(7-18-12(20)4-5-13(18)21)17-14-16-10(8-22-14)9-3-1-2-6-15-9;15-11(14-12-13-8-9-16-12)7-6-10-4-2-1-3-5-10;14-5(11-8-9-4-10-12-8)3-13-6(15)1-2-7(13)16/h1-3,6,8H,4-5,7H2,(H,16,17,19);1-5,8-9H,6-7H2,(H,13,14,15);4H,1-3H2,(H2,9,10,11,12,14). The fraction of sp³-hybridized carbons (Fsp3) is 0.235. The first-order valence-electron chi connectivity index (χ1n) is 16.4. The number of hydrogen-bond acceptors (Lipinski definition) is 14. The average Bonchev–Trinajstić information content (AvgIpc) is 4.04. The predicted molar refractivity (Wildman–Crippen MR) is 196 cm³/mol. The van der Waals surface area contributed by atoms with Crippen LogP contribution in [0.4, 0.5) is 16.2 Å². The van der Waals surface area contributed by atoms with Gasteiger partial charge in [0.05, 0.1) is 5.69 Å². The van der Waals surface area contributed by atoms with Crippen molar-refractivity contribution in [2.75, 3.05) is 29.0 Å². The molecule has 4 N–H and O–H groups in total. The van der Waals surface area contributed by atoms with E-state index in [-0.39, 0.29) is 74.3 Å². The van der Waals surface area contributed by atoms with Gasteiger partial charge >= 0.3 is 0 Å². The topological polar surface area (TPSA) is 242 Å². The van der Waals surface area contributed by atoms with Gasteiger partial charge in [0.2, 0.25) is 47.3 Å². The molecule has 278 valence electrons. The van der Waals surface area contributed by atoms with Crippen LogP contribution in [0.5, 0.6) is 0 Å². The quantitative estimate of drug-likeness (QED) is 0.142. The highest BCUT2D eigenvalue weighted by atomic mass is 32.1. The van der Waals surface area contributed by atoms with E-state index in [0.717, 1.165) is 16.2 Å². The molecule has 4 aromatic heterocycles. The number of imide groups is 2. The number of hydrogen-bond donors (Lipinski definition) is 4. The van der Waals surface area contributed by atoms with E-state index in [1.807, 2.05) is 53.9 Å². The number of likely N-dealkylation sites (tertiary alicyclic amines) is 2. The van der Waals surface area contributed by atoms with Crippen LogP contribution in [-0.2, 0) is 40.0 Å². The van der Waals surface area contributed by atoms with Crippen LogP contribution in [0.15, 0.2) is 78.0 Å². The lowest BCUT2D eigenvalue weighted by molar-refractivity contribution is -0.142. The van der Waals surface area contributed by atoms with Crippen molar-refractivity contribution in [2.24, 2.45) is 0 Å². The van der Waals surface area contributed by atoms with E-state index in [9.17, 15) is 33.6 Å². The van der Waals surface area contributed by atoms with E-state index < -0.39 is 11.8 Å². The largest absolute Gasteiger partial charge is 0.302 e. The number of aromatic amines is 1. The Morgan fingerprint density at radius 2 is 1.30 bits per heavy atom. The molecule has 2 saturated heterocycles. The van der Waals surface area contributed by atoms with Crippen molar-refractivity contribution in [1.82, 2.24) is 39.9 Å². The van der Waals surface area contributed by atoms with Crippen molar-refractivity contribution in [3.8, 4) is 11.4 Å². The molecule has 0 spiro atoms. The second kappa shape index (κ2) is 19.3. The molecule has 0 radical (unpaired) electrons. The molecule has 7 rings (SSSR count). The number of nitrogens with zero attached hydrogens (tertiary/aromatic N) is 7. The fourth-order valence-electron chi connectivity index (χ4n) is 4.81. The number of aromatic nitrogens is 6. The SMILES string of the molecule is O=C(CCc1ccccc1)Nc1nccs1.O=C(CN1C(=O)CCC1=O)Nc1nc(-c2ccccn2)cs1.O=C(CN1C(=O)CCC1=O)Nc1ncn[nH]1. The van der Waals surface area contributed by atoms with Gasteiger partial charge in [-0.1, -0.05) is 36.4 Å². The van der Waals surface area contributed by atoms with Gasteiger partial charge in [0.15, 0.2) is 10.3 Å². The summed E-state index contributed by atoms with van der Waals surface area (Å²) in [5.41, 5.74) is 2.55. The molecule has 0 atom stereocenters. The van der Waals surface area contributed by atoms with Gasteiger partial charge in [-0.25, -0.2) is 15.1 Å². The predicted octanol–water partition coefficient (Wildman–Crippen LogP) is 2.90. The van der Waals surface area contributed by atoms with Gasteiger partial charge in [0.1, 0.15) is 25.1 Å². The lowest BCUT2D eigenvalue weighted by atomic mass is 10.1. The van der Waals surface area contributed by atoms with Crippen LogP contribution in [0.1, 0.15) is 37.7 Å². The third kappa shape index (κ3) is 11.7. The molecule has 2 aliphatic heterocycles. The lowest BCUT2D eigenvalue weighted by Gasteiger charge is -2.12. The van der Waals surface area contributed by atoms with Crippen molar-refractivity contribution in [1.29, 1.82) is 0 Å². The van der Waals surface area contributed by atoms with Crippen molar-refractivity contribution in [2.45, 2.75) is 38.5 Å². The van der Waals surface area contributed by atoms with Gasteiger partial charge in [-0.3, -0.25) is 53.7 Å². The monoisotopic (exact) mass is 771 g/mol. The maximum atomic E-state index is 11.9. The van der Waals surface area contributed by atoms with E-state index in [4.69, 9.17) is 0 Å². The highest BCUT2D eigenvalue weighted by Crippen LogP contribution is 2.23. The van der Waals surface area contributed by atoms with Crippen LogP contribution in [0.25, 0.3) is 11.4 Å². The minimum atomic E-state index is -0.486. The molecule has 1 aromatic carbocycles. The van der Waals surface area contributed by atoms with Gasteiger partial charge in [0.25, 0.3) is 0 Å². The van der Waals surface area contributed by atoms with Gasteiger partial charge in [-0.05, 0) is 24.1 Å². The van der Waals surface area contributed by atoms with Gasteiger partial charge in [0, 0.05) is 55.3 Å². The summed E-state index contributed by atoms with van der Waals surface area (Å²) in [7, 11) is 0. The number of carbonyl (C=O) groups excluding carboxylic acids is 7. The number of carbonyl (C=O) groups is 7. The number of thiazole rings is 2. The molecular formula is C34H33N11O7S2. The Bertz CT molecular complexity index is 2030. The fourth-order valence-corrected chi connectivity index (χ4v) is 6.08. The molecular weight excluding hydrogens is 739 g/mol. The minimum Gasteiger partial charge on any atom is -0.302 e. The molecule has 0 saturated carbocycles. The Hall–Kier alpha value is -6.54. The number of aryl methyl sites for hydroxylation is 1. The van der Waals surface area contributed by atoms with Crippen molar-refractivity contribution >= 4 is 80.2 Å². The van der Waals surface area contributed by atoms with Crippen LogP contribution >= 0.6 is 22.7 Å². The number of anilines is 3. The molecule has 6 heterocycles. The summed E-state index contributed by atoms with van der Waals surface area (Å²) in [6, 6.07) is 15.5. The molecule has 5 aromatic rings. The average molecular weight is 772 g/mol. The maximum Gasteiger partial charge on any atom is 0.246 e. The van der Waals surface area contributed by atoms with Crippen molar-refractivity contribution < 1.29 is 33.6 Å². The Morgan fingerprint density at radius 3 is 1.87 bits per heavy atom. The molecule has 54 heavy (non-hydrogen) atoms. The number of pyridine rings is 1. The van der Waals surface area contributed by atoms with Crippen LogP contribution in [0.3, 0.4) is 0 Å². The first-order valence-corrected chi connectivity index (χ1v) is 18.1. The Balaban J connectivity index is 0.000000159. The third-order valence-electron chi connectivity index (χ3n) is 7.43. The zero-order valence-corrected chi connectivity index (χ0v) is 30.1.